The minimum absolute atomic E-state index is 0.0218. The summed E-state index contributed by atoms with van der Waals surface area (Å²) in [5, 5.41) is 11.3. The van der Waals surface area contributed by atoms with E-state index < -0.39 is 5.83 Å². The topological polar surface area (TPSA) is 87.1 Å². The van der Waals surface area contributed by atoms with E-state index in [0.29, 0.717) is 38.5 Å². The van der Waals surface area contributed by atoms with Gasteiger partial charge in [-0.15, -0.1) is 0 Å². The quantitative estimate of drug-likeness (QED) is 0.0560. The molecule has 0 radical (unpaired) electrons. The van der Waals surface area contributed by atoms with Crippen molar-refractivity contribution in [2.24, 2.45) is 10.1 Å². The second-order valence-corrected chi connectivity index (χ2v) is 8.48. The van der Waals surface area contributed by atoms with Crippen molar-refractivity contribution in [3.05, 3.63) is 87.9 Å². The van der Waals surface area contributed by atoms with Gasteiger partial charge < -0.3 is 10.1 Å². The molecule has 0 aliphatic rings. The van der Waals surface area contributed by atoms with Gasteiger partial charge in [-0.05, 0) is 69.2 Å². The number of hydrogen-bond donors (Lipinski definition) is 3. The molecule has 1 aromatic rings. The number of carbonyl (C=O) groups is 1. The number of nitrogens with one attached hydrogen (secondary N) is 3. The highest BCUT2D eigenvalue weighted by atomic mass is 35.5. The van der Waals surface area contributed by atoms with Gasteiger partial charge in [0.2, 0.25) is 0 Å². The molecule has 38 heavy (non-hydrogen) atoms. The zero-order chi connectivity index (χ0) is 28.3. The third-order valence-corrected chi connectivity index (χ3v) is 5.62. The number of rotatable bonds is 17. The number of allylic oxidation sites excluding steroid dienone is 6. The molecule has 0 atom stereocenters. The zero-order valence-electron chi connectivity index (χ0n) is 22.9. The van der Waals surface area contributed by atoms with Crippen molar-refractivity contribution in [3.63, 3.8) is 0 Å². The number of hydrazone groups is 1. The fourth-order valence-corrected chi connectivity index (χ4v) is 3.54. The van der Waals surface area contributed by atoms with Crippen LogP contribution >= 0.6 is 11.6 Å². The Labute approximate surface area is 231 Å². The Morgan fingerprint density at radius 3 is 2.58 bits per heavy atom. The summed E-state index contributed by atoms with van der Waals surface area (Å²) < 4.78 is 18.1. The van der Waals surface area contributed by atoms with Crippen molar-refractivity contribution < 1.29 is 13.9 Å². The van der Waals surface area contributed by atoms with Gasteiger partial charge in [-0.3, -0.25) is 20.5 Å². The minimum Gasteiger partial charge on any atom is -0.428 e. The summed E-state index contributed by atoms with van der Waals surface area (Å²) in [6.45, 7) is 15.1. The maximum Gasteiger partial charge on any atom is 0.298 e. The number of aliphatic imine (C=N–C) groups is 1. The van der Waals surface area contributed by atoms with E-state index in [0.717, 1.165) is 40.1 Å². The standard InChI is InChI=1S/C29H39ClFN5O2/c1-7-11-27(34-17-24-12-13-29(38-20-37)21(5)14-24)25(9-3)28(18-32-10-4)36-35-19-33-16-23(8-2)15-26(30)22(6)31/h8-15,20,33-35H,6-7,16-19H2,1-5H3/b23-8?,25-9+,26-15+,27-11-,32-10?,36-28+. The molecule has 1 rings (SSSR count). The van der Waals surface area contributed by atoms with Gasteiger partial charge in [-0.1, -0.05) is 55.5 Å². The third kappa shape index (κ3) is 11.7. The van der Waals surface area contributed by atoms with Gasteiger partial charge in [0.05, 0.1) is 24.0 Å². The Balaban J connectivity index is 2.96. The molecule has 0 saturated carbocycles. The van der Waals surface area contributed by atoms with Crippen LogP contribution in [0.5, 0.6) is 5.75 Å². The number of carbonyl (C=O) groups excluding carboxylic acids is 1. The Bertz CT molecular complexity index is 1120. The molecule has 0 amide bonds. The largest absolute Gasteiger partial charge is 0.428 e. The SMILES string of the molecule is C=C(F)/C(Cl)=C\C(=CC)CNCN/N=C(CN=CC)/C(=C/C)C(=C/CC)/NCc1ccc(OC=O)c(C)c1. The molecular formula is C29H39ClFN5O2. The van der Waals surface area contributed by atoms with Crippen LogP contribution in [0.3, 0.4) is 0 Å². The summed E-state index contributed by atoms with van der Waals surface area (Å²) >= 11 is 5.85. The van der Waals surface area contributed by atoms with E-state index in [-0.39, 0.29) is 5.03 Å². The van der Waals surface area contributed by atoms with E-state index in [1.165, 1.54) is 6.08 Å². The Hall–Kier alpha value is -3.49. The molecule has 206 valence electrons. The Morgan fingerprint density at radius 1 is 1.24 bits per heavy atom. The molecule has 1 aromatic carbocycles. The first kappa shape index (κ1) is 32.5. The van der Waals surface area contributed by atoms with Gasteiger partial charge in [0, 0.05) is 24.4 Å². The summed E-state index contributed by atoms with van der Waals surface area (Å²) in [4.78, 5) is 15.1. The van der Waals surface area contributed by atoms with Crippen molar-refractivity contribution in [2.45, 2.75) is 47.6 Å². The highest BCUT2D eigenvalue weighted by molar-refractivity contribution is 6.31. The van der Waals surface area contributed by atoms with E-state index in [2.05, 4.69) is 45.7 Å². The van der Waals surface area contributed by atoms with Crippen molar-refractivity contribution in [2.75, 3.05) is 19.8 Å². The maximum atomic E-state index is 13.2. The lowest BCUT2D eigenvalue weighted by Gasteiger charge is -2.17. The summed E-state index contributed by atoms with van der Waals surface area (Å²) in [5.41, 5.74) is 8.47. The molecule has 0 unspecified atom stereocenters. The summed E-state index contributed by atoms with van der Waals surface area (Å²) in [7, 11) is 0. The smallest absolute Gasteiger partial charge is 0.298 e. The van der Waals surface area contributed by atoms with Crippen LogP contribution in [0.15, 0.2) is 86.9 Å². The van der Waals surface area contributed by atoms with Crippen LogP contribution < -0.4 is 20.8 Å². The minimum atomic E-state index is -0.669. The summed E-state index contributed by atoms with van der Waals surface area (Å²) in [6, 6.07) is 5.70. The molecule has 0 aliphatic heterocycles. The number of aryl methyl sites for hydroxylation is 1. The first-order chi connectivity index (χ1) is 18.3. The molecule has 0 heterocycles. The van der Waals surface area contributed by atoms with Crippen LogP contribution in [0.4, 0.5) is 4.39 Å². The molecule has 3 N–H and O–H groups in total. The Kier molecular flexibility index (Phi) is 16.0. The predicted octanol–water partition coefficient (Wildman–Crippen LogP) is 6.00. The van der Waals surface area contributed by atoms with Crippen LogP contribution in [0.2, 0.25) is 0 Å². The molecular weight excluding hydrogens is 505 g/mol. The van der Waals surface area contributed by atoms with E-state index in [1.54, 1.807) is 12.3 Å². The third-order valence-electron chi connectivity index (χ3n) is 5.31. The summed E-state index contributed by atoms with van der Waals surface area (Å²) in [5.74, 6) is -0.125. The highest BCUT2D eigenvalue weighted by Crippen LogP contribution is 2.20. The fourth-order valence-electron chi connectivity index (χ4n) is 3.40. The van der Waals surface area contributed by atoms with E-state index >= 15 is 0 Å². The predicted molar refractivity (Wildman–Crippen MR) is 157 cm³/mol. The van der Waals surface area contributed by atoms with Gasteiger partial charge in [0.1, 0.15) is 11.6 Å². The van der Waals surface area contributed by atoms with Gasteiger partial charge in [0.15, 0.2) is 0 Å². The van der Waals surface area contributed by atoms with Crippen LogP contribution in [-0.2, 0) is 11.3 Å². The summed E-state index contributed by atoms with van der Waals surface area (Å²) in [6.07, 6.45) is 10.1. The molecule has 9 heteroatoms. The number of hydrogen-bond acceptors (Lipinski definition) is 7. The van der Waals surface area contributed by atoms with Crippen LogP contribution in [-0.4, -0.2) is 38.2 Å². The molecule has 0 spiro atoms. The fraction of sp³-hybridized carbons (Fsp3) is 0.345. The molecule has 0 fully saturated rings. The molecule has 0 aromatic heterocycles. The lowest BCUT2D eigenvalue weighted by Crippen LogP contribution is -2.29. The van der Waals surface area contributed by atoms with Crippen molar-refractivity contribution >= 4 is 30.0 Å². The first-order valence-electron chi connectivity index (χ1n) is 12.4. The van der Waals surface area contributed by atoms with Gasteiger partial charge in [0.25, 0.3) is 6.47 Å². The first-order valence-corrected chi connectivity index (χ1v) is 12.8. The van der Waals surface area contributed by atoms with Crippen molar-refractivity contribution in [1.29, 1.82) is 0 Å². The average Bonchev–Trinajstić information content (AvgIpc) is 2.90. The molecule has 7 nitrogen and oxygen atoms in total. The average molecular weight is 544 g/mol. The van der Waals surface area contributed by atoms with Gasteiger partial charge in [-0.2, -0.15) is 5.10 Å². The Morgan fingerprint density at radius 2 is 2.00 bits per heavy atom. The lowest BCUT2D eigenvalue weighted by molar-refractivity contribution is -0.120. The van der Waals surface area contributed by atoms with Crippen LogP contribution in [0.1, 0.15) is 45.2 Å². The number of halogens is 2. The number of benzene rings is 1. The molecule has 0 aliphatic carbocycles. The normalized spacial score (nSPS) is 13.6. The van der Waals surface area contributed by atoms with Crippen molar-refractivity contribution in [1.82, 2.24) is 16.1 Å². The van der Waals surface area contributed by atoms with Crippen LogP contribution in [0.25, 0.3) is 0 Å². The van der Waals surface area contributed by atoms with Crippen molar-refractivity contribution in [3.8, 4) is 5.75 Å². The van der Waals surface area contributed by atoms with E-state index in [1.807, 2.05) is 52.0 Å². The molecule has 0 saturated heterocycles. The lowest BCUT2D eigenvalue weighted by atomic mass is 10.0. The monoisotopic (exact) mass is 543 g/mol. The number of ether oxygens (including phenoxy) is 1. The van der Waals surface area contributed by atoms with E-state index in [9.17, 15) is 9.18 Å². The highest BCUT2D eigenvalue weighted by Gasteiger charge is 2.12. The van der Waals surface area contributed by atoms with Crippen LogP contribution in [0, 0.1) is 6.92 Å². The van der Waals surface area contributed by atoms with E-state index in [4.69, 9.17) is 16.3 Å². The van der Waals surface area contributed by atoms with Gasteiger partial charge >= 0.3 is 0 Å². The number of nitrogens with zero attached hydrogens (tertiary/aromatic N) is 2. The van der Waals surface area contributed by atoms with Gasteiger partial charge in [-0.25, -0.2) is 4.39 Å². The second-order valence-electron chi connectivity index (χ2n) is 8.08. The maximum absolute atomic E-state index is 13.2. The second kappa shape index (κ2) is 18.7. The zero-order valence-corrected chi connectivity index (χ0v) is 23.7. The molecule has 0 bridgehead atoms.